The predicted octanol–water partition coefficient (Wildman–Crippen LogP) is 6.29. The molecule has 2 fully saturated rings. The summed E-state index contributed by atoms with van der Waals surface area (Å²) in [5.74, 6) is 1.10. The molecule has 0 bridgehead atoms. The van der Waals surface area contributed by atoms with Crippen LogP contribution in [-0.2, 0) is 27.2 Å². The van der Waals surface area contributed by atoms with Gasteiger partial charge in [0.05, 0.1) is 16.9 Å². The van der Waals surface area contributed by atoms with Gasteiger partial charge in [-0.25, -0.2) is 0 Å². The number of benzene rings is 2. The topological polar surface area (TPSA) is 148 Å². The third kappa shape index (κ3) is 6.19. The van der Waals surface area contributed by atoms with Crippen LogP contribution in [-0.4, -0.2) is 35.4 Å². The first-order valence-electron chi connectivity index (χ1n) is 18.4. The molecule has 0 spiro atoms. The highest BCUT2D eigenvalue weighted by molar-refractivity contribution is 6.01. The predicted molar refractivity (Wildman–Crippen MR) is 189 cm³/mol. The zero-order valence-electron chi connectivity index (χ0n) is 29.3. The van der Waals surface area contributed by atoms with Gasteiger partial charge in [0.25, 0.3) is 0 Å². The van der Waals surface area contributed by atoms with Crippen molar-refractivity contribution >= 4 is 23.4 Å². The zero-order chi connectivity index (χ0) is 34.4. The fourth-order valence-electron chi connectivity index (χ4n) is 10.2. The van der Waals surface area contributed by atoms with E-state index in [9.17, 15) is 19.5 Å². The van der Waals surface area contributed by atoms with Crippen molar-refractivity contribution in [3.8, 4) is 5.75 Å². The van der Waals surface area contributed by atoms with Crippen molar-refractivity contribution in [2.24, 2.45) is 46.0 Å². The van der Waals surface area contributed by atoms with E-state index in [-0.39, 0.29) is 47.1 Å². The number of aryl methyl sites for hydroxylation is 2. The number of anilines is 1. The van der Waals surface area contributed by atoms with Crippen LogP contribution in [0.2, 0.25) is 0 Å². The van der Waals surface area contributed by atoms with Crippen LogP contribution in [0, 0.1) is 34.5 Å². The molecule has 9 atom stereocenters. The van der Waals surface area contributed by atoms with Gasteiger partial charge in [0, 0.05) is 5.69 Å². The van der Waals surface area contributed by atoms with Crippen molar-refractivity contribution < 1.29 is 19.5 Å². The van der Waals surface area contributed by atoms with Crippen LogP contribution >= 0.6 is 0 Å². The number of imide groups is 1. The number of carbonyl (C=O) groups is 3. The molecule has 8 heteroatoms. The summed E-state index contributed by atoms with van der Waals surface area (Å²) in [4.78, 5) is 41.6. The number of hydrogen-bond donors (Lipinski definition) is 5. The third-order valence-electron chi connectivity index (χ3n) is 13.2. The second kappa shape index (κ2) is 13.6. The van der Waals surface area contributed by atoms with Crippen molar-refractivity contribution in [3.63, 3.8) is 0 Å². The van der Waals surface area contributed by atoms with E-state index in [4.69, 9.17) is 11.5 Å². The van der Waals surface area contributed by atoms with E-state index >= 15 is 0 Å². The second-order valence-electron chi connectivity index (χ2n) is 16.2. The highest BCUT2D eigenvalue weighted by atomic mass is 16.3. The van der Waals surface area contributed by atoms with Crippen LogP contribution in [0.15, 0.2) is 36.4 Å². The van der Waals surface area contributed by atoms with Gasteiger partial charge in [-0.05, 0) is 153 Å². The molecule has 260 valence electrons. The maximum absolute atomic E-state index is 14.4. The average molecular weight is 657 g/mol. The highest BCUT2D eigenvalue weighted by Crippen LogP contribution is 2.58. The van der Waals surface area contributed by atoms with E-state index < -0.39 is 16.9 Å². The minimum Gasteiger partial charge on any atom is -0.508 e. The number of amides is 3. The molecule has 0 unspecified atom stereocenters. The minimum atomic E-state index is -0.683. The van der Waals surface area contributed by atoms with E-state index in [1.54, 1.807) is 6.07 Å². The number of unbranched alkanes of at least 4 members (excludes halogenated alkanes) is 1. The Kier molecular flexibility index (Phi) is 9.80. The number of phenols is 1. The smallest absolute Gasteiger partial charge is 0.241 e. The largest absolute Gasteiger partial charge is 0.508 e. The van der Waals surface area contributed by atoms with Crippen LogP contribution in [0.3, 0.4) is 0 Å². The first-order valence-corrected chi connectivity index (χ1v) is 18.4. The van der Waals surface area contributed by atoms with Crippen molar-refractivity contribution in [3.05, 3.63) is 58.7 Å². The van der Waals surface area contributed by atoms with Crippen LogP contribution < -0.4 is 22.1 Å². The number of aromatic hydroxyl groups is 1. The molecule has 0 saturated heterocycles. The Morgan fingerprint density at radius 1 is 0.833 bits per heavy atom. The van der Waals surface area contributed by atoms with Gasteiger partial charge in [-0.15, -0.1) is 0 Å². The van der Waals surface area contributed by atoms with Gasteiger partial charge in [-0.2, -0.15) is 0 Å². The molecule has 3 amide bonds. The molecule has 0 radical (unpaired) electrons. The maximum Gasteiger partial charge on any atom is 0.241 e. The van der Waals surface area contributed by atoms with Gasteiger partial charge in [0.15, 0.2) is 0 Å². The number of nitrogens with two attached hydrogens (primary N) is 2. The monoisotopic (exact) mass is 656 g/mol. The summed E-state index contributed by atoms with van der Waals surface area (Å²) in [6, 6.07) is 11.3. The number of rotatable bonds is 8. The Hall–Kier alpha value is -3.23. The molecular formula is C40H56N4O4. The molecule has 8 nitrogen and oxygen atoms in total. The molecule has 4 aliphatic rings. The van der Waals surface area contributed by atoms with E-state index in [1.807, 2.05) is 18.2 Å². The SMILES string of the molecule is C[C@H]1CC[C@](C)(C(=O)NC(=O)[C@@]2(C)CC[C@H](C)[C@@H]3c4cc(NC(=O)[C@@H](N)CCCCN)ccc4CC[C@H]32)[C@@H]2CCc3ccc(O)cc3[C@H]21. The van der Waals surface area contributed by atoms with Gasteiger partial charge in [-0.3, -0.25) is 19.7 Å². The molecule has 2 saturated carbocycles. The standard InChI is InChI=1S/C40H56N4O4/c1-23-16-18-39(3,31-14-10-25-8-12-27(21-29(25)34(23)31)43-36(46)33(42)7-5-6-20-41)37(47)44-38(48)40(4)19-17-24(2)35-30-22-28(45)13-9-26(30)11-15-32(35)40/h8-9,12-13,21-24,31-35,45H,5-7,10-11,14-20,41-42H2,1-4H3,(H,43,46)(H,44,47,48)/t23-,24-,31+,32+,33-,34+,35+,39-,40-/m0/s1. The molecule has 48 heavy (non-hydrogen) atoms. The van der Waals surface area contributed by atoms with Crippen LogP contribution in [0.5, 0.6) is 5.75 Å². The highest BCUT2D eigenvalue weighted by Gasteiger charge is 2.55. The van der Waals surface area contributed by atoms with E-state index in [1.165, 1.54) is 22.3 Å². The Morgan fingerprint density at radius 3 is 1.94 bits per heavy atom. The lowest BCUT2D eigenvalue weighted by molar-refractivity contribution is -0.149. The summed E-state index contributed by atoms with van der Waals surface area (Å²) < 4.78 is 0. The Bertz CT molecular complexity index is 1560. The first kappa shape index (κ1) is 34.6. The van der Waals surface area contributed by atoms with Crippen LogP contribution in [0.4, 0.5) is 5.69 Å². The molecule has 0 aromatic heterocycles. The van der Waals surface area contributed by atoms with E-state index in [0.29, 0.717) is 24.8 Å². The first-order chi connectivity index (χ1) is 22.9. The van der Waals surface area contributed by atoms with Crippen molar-refractivity contribution in [1.29, 1.82) is 0 Å². The molecule has 0 aliphatic heterocycles. The molecule has 2 aromatic carbocycles. The van der Waals surface area contributed by atoms with Crippen LogP contribution in [0.1, 0.15) is 120 Å². The Labute approximate surface area is 286 Å². The second-order valence-corrected chi connectivity index (χ2v) is 16.2. The van der Waals surface area contributed by atoms with Gasteiger partial charge in [0.2, 0.25) is 17.7 Å². The van der Waals surface area contributed by atoms with Crippen molar-refractivity contribution in [1.82, 2.24) is 5.32 Å². The summed E-state index contributed by atoms with van der Waals surface area (Å²) >= 11 is 0. The Morgan fingerprint density at radius 2 is 1.38 bits per heavy atom. The van der Waals surface area contributed by atoms with Gasteiger partial charge in [0.1, 0.15) is 5.75 Å². The normalized spacial score (nSPS) is 32.9. The third-order valence-corrected chi connectivity index (χ3v) is 13.2. The quantitative estimate of drug-likeness (QED) is 0.167. The molecule has 7 N–H and O–H groups in total. The zero-order valence-corrected chi connectivity index (χ0v) is 29.3. The lowest BCUT2D eigenvalue weighted by atomic mass is 9.52. The lowest BCUT2D eigenvalue weighted by Gasteiger charge is -2.52. The minimum absolute atomic E-state index is 0.0856. The maximum atomic E-state index is 14.4. The number of nitrogens with one attached hydrogen (secondary N) is 2. The van der Waals surface area contributed by atoms with Gasteiger partial charge in [-0.1, -0.05) is 46.2 Å². The van der Waals surface area contributed by atoms with Crippen molar-refractivity contribution in [2.45, 2.75) is 116 Å². The summed E-state index contributed by atoms with van der Waals surface area (Å²) in [7, 11) is 0. The van der Waals surface area contributed by atoms with Gasteiger partial charge >= 0.3 is 0 Å². The summed E-state index contributed by atoms with van der Waals surface area (Å²) in [5, 5.41) is 16.4. The summed E-state index contributed by atoms with van der Waals surface area (Å²) in [6.45, 7) is 9.27. The fourth-order valence-corrected chi connectivity index (χ4v) is 10.2. The fraction of sp³-hybridized carbons (Fsp3) is 0.625. The van der Waals surface area contributed by atoms with Crippen molar-refractivity contribution in [2.75, 3.05) is 11.9 Å². The number of phenolic OH excluding ortho intramolecular Hbond substituents is 1. The molecule has 2 aromatic rings. The lowest BCUT2D eigenvalue weighted by Crippen LogP contribution is -2.57. The molecular weight excluding hydrogens is 600 g/mol. The molecule has 4 aliphatic carbocycles. The number of carbonyl (C=O) groups excluding carboxylic acids is 3. The Balaban J connectivity index is 1.20. The van der Waals surface area contributed by atoms with E-state index in [2.05, 4.69) is 50.5 Å². The summed E-state index contributed by atoms with van der Waals surface area (Å²) in [5.41, 5.74) is 16.1. The summed E-state index contributed by atoms with van der Waals surface area (Å²) in [6.07, 6.45) is 9.07. The van der Waals surface area contributed by atoms with Gasteiger partial charge < -0.3 is 21.9 Å². The number of fused-ring (bicyclic) bond motifs is 6. The number of hydrogen-bond acceptors (Lipinski definition) is 6. The average Bonchev–Trinajstić information content (AvgIpc) is 3.07. The molecule has 6 rings (SSSR count). The van der Waals surface area contributed by atoms with E-state index in [0.717, 1.165) is 69.9 Å². The molecule has 0 heterocycles. The van der Waals surface area contributed by atoms with Crippen LogP contribution in [0.25, 0.3) is 0 Å².